The van der Waals surface area contributed by atoms with E-state index >= 15 is 0 Å². The molecule has 1 aromatic carbocycles. The zero-order valence-corrected chi connectivity index (χ0v) is 8.73. The summed E-state index contributed by atoms with van der Waals surface area (Å²) >= 11 is 0. The van der Waals surface area contributed by atoms with Crippen LogP contribution in [0.25, 0.3) is 0 Å². The fourth-order valence-electron chi connectivity index (χ4n) is 1.08. The topological polar surface area (TPSA) is 72.5 Å². The first-order chi connectivity index (χ1) is 7.69. The maximum absolute atomic E-state index is 11.3. The van der Waals surface area contributed by atoms with Gasteiger partial charge in [0.05, 0.1) is 12.3 Å². The van der Waals surface area contributed by atoms with Gasteiger partial charge in [-0.25, -0.2) is 4.79 Å². The van der Waals surface area contributed by atoms with Crippen molar-refractivity contribution in [1.29, 1.82) is 0 Å². The van der Waals surface area contributed by atoms with E-state index in [4.69, 9.17) is 0 Å². The van der Waals surface area contributed by atoms with Crippen molar-refractivity contribution in [2.75, 3.05) is 11.9 Å². The highest BCUT2D eigenvalue weighted by molar-refractivity contribution is 6.37. The largest absolute Gasteiger partial charge is 0.459 e. The van der Waals surface area contributed by atoms with Gasteiger partial charge in [-0.1, -0.05) is 12.1 Å². The van der Waals surface area contributed by atoms with E-state index in [9.17, 15) is 14.4 Å². The van der Waals surface area contributed by atoms with Crippen LogP contribution in [0.1, 0.15) is 17.3 Å². The van der Waals surface area contributed by atoms with Crippen LogP contribution < -0.4 is 5.32 Å². The molecule has 0 bridgehead atoms. The Morgan fingerprint density at radius 2 is 2.06 bits per heavy atom. The third-order valence-corrected chi connectivity index (χ3v) is 1.80. The smallest absolute Gasteiger partial charge is 0.397 e. The summed E-state index contributed by atoms with van der Waals surface area (Å²) in [5.74, 6) is -1.86. The van der Waals surface area contributed by atoms with Crippen molar-refractivity contribution in [1.82, 2.24) is 0 Å². The zero-order valence-electron chi connectivity index (χ0n) is 8.73. The van der Waals surface area contributed by atoms with Gasteiger partial charge in [0.15, 0.2) is 6.29 Å². The van der Waals surface area contributed by atoms with Gasteiger partial charge in [0.25, 0.3) is 0 Å². The van der Waals surface area contributed by atoms with Crippen LogP contribution in [0, 0.1) is 0 Å². The third-order valence-electron chi connectivity index (χ3n) is 1.80. The minimum absolute atomic E-state index is 0.127. The number of anilines is 1. The Morgan fingerprint density at radius 3 is 2.69 bits per heavy atom. The molecule has 0 aromatic heterocycles. The van der Waals surface area contributed by atoms with Crippen LogP contribution >= 0.6 is 0 Å². The van der Waals surface area contributed by atoms with Crippen LogP contribution in [0.5, 0.6) is 0 Å². The van der Waals surface area contributed by atoms with Crippen LogP contribution in [0.3, 0.4) is 0 Å². The molecule has 16 heavy (non-hydrogen) atoms. The number of ether oxygens (including phenoxy) is 1. The maximum Gasteiger partial charge on any atom is 0.397 e. The monoisotopic (exact) mass is 221 g/mol. The molecule has 0 aliphatic carbocycles. The standard InChI is InChI=1S/C11H11NO4/c1-2-16-11(15)10(14)12-9-6-4-3-5-8(9)7-13/h3-7H,2H2,1H3,(H,12,14). The lowest BCUT2D eigenvalue weighted by molar-refractivity contribution is -0.152. The summed E-state index contributed by atoms with van der Waals surface area (Å²) in [7, 11) is 0. The number of nitrogens with one attached hydrogen (secondary N) is 1. The molecule has 0 fully saturated rings. The molecule has 0 radical (unpaired) electrons. The van der Waals surface area contributed by atoms with Crippen LogP contribution in [0.4, 0.5) is 5.69 Å². The number of hydrogen-bond donors (Lipinski definition) is 1. The van der Waals surface area contributed by atoms with Crippen LogP contribution in [-0.4, -0.2) is 24.8 Å². The van der Waals surface area contributed by atoms with Crippen molar-refractivity contribution < 1.29 is 19.1 Å². The number of aldehydes is 1. The Balaban J connectivity index is 2.76. The molecular weight excluding hydrogens is 210 g/mol. The van der Waals surface area contributed by atoms with E-state index in [0.29, 0.717) is 11.8 Å². The molecular formula is C11H11NO4. The van der Waals surface area contributed by atoms with E-state index < -0.39 is 11.9 Å². The first-order valence-corrected chi connectivity index (χ1v) is 4.71. The molecule has 0 atom stereocenters. The fraction of sp³-hybridized carbons (Fsp3) is 0.182. The van der Waals surface area contributed by atoms with Crippen molar-refractivity contribution >= 4 is 23.9 Å². The van der Waals surface area contributed by atoms with Crippen LogP contribution in [0.15, 0.2) is 24.3 Å². The van der Waals surface area contributed by atoms with E-state index in [-0.39, 0.29) is 12.3 Å². The molecule has 84 valence electrons. The van der Waals surface area contributed by atoms with Gasteiger partial charge in [-0.15, -0.1) is 0 Å². The molecule has 0 heterocycles. The van der Waals surface area contributed by atoms with Gasteiger partial charge in [0.2, 0.25) is 0 Å². The normalized spacial score (nSPS) is 9.31. The van der Waals surface area contributed by atoms with Crippen LogP contribution in [-0.2, 0) is 14.3 Å². The highest BCUT2D eigenvalue weighted by atomic mass is 16.5. The average molecular weight is 221 g/mol. The number of carbonyl (C=O) groups excluding carboxylic acids is 3. The van der Waals surface area contributed by atoms with Gasteiger partial charge in [0, 0.05) is 5.56 Å². The predicted octanol–water partition coefficient (Wildman–Crippen LogP) is 1.00. The Morgan fingerprint density at radius 1 is 1.38 bits per heavy atom. The molecule has 0 saturated carbocycles. The van der Waals surface area contributed by atoms with E-state index in [1.54, 1.807) is 19.1 Å². The second-order valence-electron chi connectivity index (χ2n) is 2.88. The van der Waals surface area contributed by atoms with Crippen molar-refractivity contribution in [3.63, 3.8) is 0 Å². The molecule has 0 unspecified atom stereocenters. The Bertz CT molecular complexity index is 414. The highest BCUT2D eigenvalue weighted by Gasteiger charge is 2.15. The Labute approximate surface area is 92.4 Å². The summed E-state index contributed by atoms with van der Waals surface area (Å²) in [6.07, 6.45) is 0.598. The van der Waals surface area contributed by atoms with E-state index in [0.717, 1.165) is 0 Å². The second kappa shape index (κ2) is 5.65. The van der Waals surface area contributed by atoms with Crippen molar-refractivity contribution in [3.8, 4) is 0 Å². The number of para-hydroxylation sites is 1. The van der Waals surface area contributed by atoms with Gasteiger partial charge in [-0.2, -0.15) is 0 Å². The number of amides is 1. The molecule has 5 heteroatoms. The predicted molar refractivity (Wildman–Crippen MR) is 57.1 cm³/mol. The van der Waals surface area contributed by atoms with Gasteiger partial charge in [-0.3, -0.25) is 9.59 Å². The number of rotatable bonds is 3. The van der Waals surface area contributed by atoms with Crippen molar-refractivity contribution in [3.05, 3.63) is 29.8 Å². The molecule has 1 aromatic rings. The molecule has 5 nitrogen and oxygen atoms in total. The third kappa shape index (κ3) is 2.91. The molecule has 1 N–H and O–H groups in total. The lowest BCUT2D eigenvalue weighted by Gasteiger charge is -2.06. The second-order valence-corrected chi connectivity index (χ2v) is 2.88. The number of esters is 1. The SMILES string of the molecule is CCOC(=O)C(=O)Nc1ccccc1C=O. The Kier molecular flexibility index (Phi) is 4.20. The summed E-state index contributed by atoms with van der Waals surface area (Å²) in [5.41, 5.74) is 0.593. The molecule has 0 saturated heterocycles. The van der Waals surface area contributed by atoms with Gasteiger partial charge >= 0.3 is 11.9 Å². The molecule has 1 rings (SSSR count). The molecule has 0 spiro atoms. The first-order valence-electron chi connectivity index (χ1n) is 4.71. The number of hydrogen-bond acceptors (Lipinski definition) is 4. The fourth-order valence-corrected chi connectivity index (χ4v) is 1.08. The van der Waals surface area contributed by atoms with Gasteiger partial charge in [-0.05, 0) is 19.1 Å². The summed E-state index contributed by atoms with van der Waals surface area (Å²) in [5, 5.41) is 2.30. The quantitative estimate of drug-likeness (QED) is 0.469. The summed E-state index contributed by atoms with van der Waals surface area (Å²) < 4.78 is 4.51. The number of benzene rings is 1. The van der Waals surface area contributed by atoms with E-state index in [2.05, 4.69) is 10.1 Å². The van der Waals surface area contributed by atoms with Gasteiger partial charge in [0.1, 0.15) is 0 Å². The summed E-state index contributed by atoms with van der Waals surface area (Å²) in [6.45, 7) is 1.73. The Hall–Kier alpha value is -2.17. The lowest BCUT2D eigenvalue weighted by Crippen LogP contribution is -2.25. The average Bonchev–Trinajstić information content (AvgIpc) is 2.30. The minimum atomic E-state index is -0.969. The maximum atomic E-state index is 11.3. The van der Waals surface area contributed by atoms with E-state index in [1.807, 2.05) is 0 Å². The van der Waals surface area contributed by atoms with Crippen molar-refractivity contribution in [2.45, 2.75) is 6.92 Å². The zero-order chi connectivity index (χ0) is 12.0. The highest BCUT2D eigenvalue weighted by Crippen LogP contribution is 2.12. The summed E-state index contributed by atoms with van der Waals surface area (Å²) in [4.78, 5) is 32.9. The van der Waals surface area contributed by atoms with Crippen LogP contribution in [0.2, 0.25) is 0 Å². The first kappa shape index (κ1) is 11.9. The van der Waals surface area contributed by atoms with Crippen molar-refractivity contribution in [2.24, 2.45) is 0 Å². The minimum Gasteiger partial charge on any atom is -0.459 e. The van der Waals surface area contributed by atoms with Gasteiger partial charge < -0.3 is 10.1 Å². The molecule has 1 amide bonds. The number of carbonyl (C=O) groups is 3. The lowest BCUT2D eigenvalue weighted by atomic mass is 10.2. The molecule has 0 aliphatic rings. The summed E-state index contributed by atoms with van der Waals surface area (Å²) in [6, 6.07) is 6.37. The van der Waals surface area contributed by atoms with E-state index in [1.165, 1.54) is 12.1 Å². The molecule has 0 aliphatic heterocycles.